The number of rotatable bonds is 7. The van der Waals surface area contributed by atoms with E-state index in [4.69, 9.17) is 14.7 Å². The lowest BCUT2D eigenvalue weighted by molar-refractivity contribution is -0.138. The molecule has 0 aliphatic rings. The van der Waals surface area contributed by atoms with Gasteiger partial charge in [-0.2, -0.15) is 5.26 Å². The van der Waals surface area contributed by atoms with E-state index in [1.54, 1.807) is 13.0 Å². The first-order valence-electron chi connectivity index (χ1n) is 6.83. The predicted octanol–water partition coefficient (Wildman–Crippen LogP) is 3.10. The van der Waals surface area contributed by atoms with Gasteiger partial charge in [-0.3, -0.25) is 0 Å². The highest BCUT2D eigenvalue weighted by Crippen LogP contribution is 2.16. The smallest absolute Gasteiger partial charge is 0.350 e. The van der Waals surface area contributed by atoms with Crippen LogP contribution in [0.3, 0.4) is 0 Å². The molecule has 112 valence electrons. The molecule has 5 heteroatoms. The van der Waals surface area contributed by atoms with Gasteiger partial charge in [-0.25, -0.2) is 4.79 Å². The highest BCUT2D eigenvalue weighted by atomic mass is 16.5. The minimum absolute atomic E-state index is 0.0722. The molecule has 0 spiro atoms. The van der Waals surface area contributed by atoms with Gasteiger partial charge in [0.15, 0.2) is 5.57 Å². The molecule has 1 rings (SSSR count). The minimum atomic E-state index is -0.635. The lowest BCUT2D eigenvalue weighted by Crippen LogP contribution is -2.08. The summed E-state index contributed by atoms with van der Waals surface area (Å²) in [6, 6.07) is 9.08. The van der Waals surface area contributed by atoms with E-state index < -0.39 is 5.97 Å². The Balaban J connectivity index is 2.63. The molecule has 1 aromatic rings. The zero-order chi connectivity index (χ0) is 15.7. The fourth-order valence-corrected chi connectivity index (χ4v) is 1.41. The molecule has 0 amide bonds. The molecule has 0 saturated heterocycles. The van der Waals surface area contributed by atoms with E-state index in [-0.39, 0.29) is 12.2 Å². The van der Waals surface area contributed by atoms with Gasteiger partial charge >= 0.3 is 5.97 Å². The van der Waals surface area contributed by atoms with Crippen LogP contribution in [0.2, 0.25) is 0 Å². The monoisotopic (exact) mass is 288 g/mol. The largest absolute Gasteiger partial charge is 0.493 e. The van der Waals surface area contributed by atoms with E-state index in [1.807, 2.05) is 24.3 Å². The van der Waals surface area contributed by atoms with Crippen LogP contribution in [0.15, 0.2) is 36.0 Å². The van der Waals surface area contributed by atoms with Gasteiger partial charge in [-0.05, 0) is 37.1 Å². The fraction of sp³-hybridized carbons (Fsp3) is 0.375. The number of nitrogens with one attached hydrogen (secondary N) is 1. The average Bonchev–Trinajstić information content (AvgIpc) is 2.47. The molecule has 0 aromatic heterocycles. The van der Waals surface area contributed by atoms with E-state index in [0.29, 0.717) is 12.5 Å². The lowest BCUT2D eigenvalue weighted by atomic mass is 10.2. The Morgan fingerprint density at radius 1 is 1.38 bits per heavy atom. The van der Waals surface area contributed by atoms with E-state index in [9.17, 15) is 4.79 Å². The van der Waals surface area contributed by atoms with Crippen molar-refractivity contribution < 1.29 is 14.3 Å². The maximum Gasteiger partial charge on any atom is 0.350 e. The SMILES string of the molecule is CCOC(=O)/C(C#N)=C/Nc1ccc(OCC(C)C)cc1. The quantitative estimate of drug-likeness (QED) is 0.474. The third kappa shape index (κ3) is 6.00. The van der Waals surface area contributed by atoms with Gasteiger partial charge in [-0.15, -0.1) is 0 Å². The molecule has 0 atom stereocenters. The molecule has 0 saturated carbocycles. The third-order valence-electron chi connectivity index (χ3n) is 2.44. The van der Waals surface area contributed by atoms with Crippen LogP contribution >= 0.6 is 0 Å². The summed E-state index contributed by atoms with van der Waals surface area (Å²) in [6.07, 6.45) is 1.34. The number of ether oxygens (including phenoxy) is 2. The second kappa shape index (κ2) is 8.64. The molecule has 0 bridgehead atoms. The molecule has 1 N–H and O–H groups in total. The van der Waals surface area contributed by atoms with Crippen molar-refractivity contribution in [2.24, 2.45) is 5.92 Å². The van der Waals surface area contributed by atoms with Gasteiger partial charge in [0, 0.05) is 11.9 Å². The van der Waals surface area contributed by atoms with Gasteiger partial charge in [-0.1, -0.05) is 13.8 Å². The standard InChI is InChI=1S/C16H20N2O3/c1-4-20-16(19)13(9-17)10-18-14-5-7-15(8-6-14)21-11-12(2)3/h5-8,10,12,18H,4,11H2,1-3H3/b13-10+. The Kier molecular flexibility index (Phi) is 6.82. The summed E-state index contributed by atoms with van der Waals surface area (Å²) in [5.41, 5.74) is 0.681. The van der Waals surface area contributed by atoms with E-state index in [0.717, 1.165) is 11.4 Å². The summed E-state index contributed by atoms with van der Waals surface area (Å²) in [6.45, 7) is 6.75. The molecular formula is C16H20N2O3. The van der Waals surface area contributed by atoms with Crippen molar-refractivity contribution in [1.29, 1.82) is 5.26 Å². The average molecular weight is 288 g/mol. The van der Waals surface area contributed by atoms with Gasteiger partial charge < -0.3 is 14.8 Å². The fourth-order valence-electron chi connectivity index (χ4n) is 1.41. The summed E-state index contributed by atoms with van der Waals surface area (Å²) >= 11 is 0. The topological polar surface area (TPSA) is 71.4 Å². The van der Waals surface area contributed by atoms with E-state index >= 15 is 0 Å². The van der Waals surface area contributed by atoms with Crippen LogP contribution in [0.25, 0.3) is 0 Å². The normalized spacial score (nSPS) is 10.9. The molecule has 0 aliphatic heterocycles. The van der Waals surface area contributed by atoms with Crippen molar-refractivity contribution in [2.45, 2.75) is 20.8 Å². The second-order valence-corrected chi connectivity index (χ2v) is 4.76. The summed E-state index contributed by atoms with van der Waals surface area (Å²) in [5, 5.41) is 11.8. The predicted molar refractivity (Wildman–Crippen MR) is 80.7 cm³/mol. The molecule has 0 aliphatic carbocycles. The first kappa shape index (κ1) is 16.6. The zero-order valence-corrected chi connectivity index (χ0v) is 12.6. The molecule has 0 heterocycles. The lowest BCUT2D eigenvalue weighted by Gasteiger charge is -2.09. The summed E-state index contributed by atoms with van der Waals surface area (Å²) in [4.78, 5) is 11.4. The van der Waals surface area contributed by atoms with Gasteiger partial charge in [0.25, 0.3) is 0 Å². The Labute approximate surface area is 125 Å². The molecule has 1 aromatic carbocycles. The van der Waals surface area contributed by atoms with Crippen LogP contribution in [0, 0.1) is 17.2 Å². The second-order valence-electron chi connectivity index (χ2n) is 4.76. The van der Waals surface area contributed by atoms with Gasteiger partial charge in [0.1, 0.15) is 11.8 Å². The van der Waals surface area contributed by atoms with Gasteiger partial charge in [0.2, 0.25) is 0 Å². The number of anilines is 1. The Bertz CT molecular complexity index is 527. The number of nitriles is 1. The van der Waals surface area contributed by atoms with Crippen LogP contribution in [0.4, 0.5) is 5.69 Å². The molecule has 21 heavy (non-hydrogen) atoms. The Hall–Kier alpha value is -2.48. The Morgan fingerprint density at radius 3 is 2.57 bits per heavy atom. The molecule has 0 radical (unpaired) electrons. The summed E-state index contributed by atoms with van der Waals surface area (Å²) in [7, 11) is 0. The number of esters is 1. The zero-order valence-electron chi connectivity index (χ0n) is 12.6. The third-order valence-corrected chi connectivity index (χ3v) is 2.44. The Morgan fingerprint density at radius 2 is 2.05 bits per heavy atom. The van der Waals surface area contributed by atoms with Crippen LogP contribution < -0.4 is 10.1 Å². The first-order chi connectivity index (χ1) is 10.1. The summed E-state index contributed by atoms with van der Waals surface area (Å²) in [5.74, 6) is 0.613. The first-order valence-corrected chi connectivity index (χ1v) is 6.83. The highest BCUT2D eigenvalue weighted by Gasteiger charge is 2.08. The van der Waals surface area contributed by atoms with Crippen LogP contribution in [0.1, 0.15) is 20.8 Å². The van der Waals surface area contributed by atoms with Crippen molar-refractivity contribution in [3.05, 3.63) is 36.0 Å². The van der Waals surface area contributed by atoms with Crippen molar-refractivity contribution in [3.63, 3.8) is 0 Å². The number of carbonyl (C=O) groups excluding carboxylic acids is 1. The highest BCUT2D eigenvalue weighted by molar-refractivity contribution is 5.93. The van der Waals surface area contributed by atoms with Crippen molar-refractivity contribution in [3.8, 4) is 11.8 Å². The molecule has 5 nitrogen and oxygen atoms in total. The minimum Gasteiger partial charge on any atom is -0.493 e. The molecular weight excluding hydrogens is 268 g/mol. The number of carbonyl (C=O) groups is 1. The number of benzene rings is 1. The number of hydrogen-bond acceptors (Lipinski definition) is 5. The summed E-state index contributed by atoms with van der Waals surface area (Å²) < 4.78 is 10.3. The maximum atomic E-state index is 11.4. The van der Waals surface area contributed by atoms with Crippen molar-refractivity contribution >= 4 is 11.7 Å². The maximum absolute atomic E-state index is 11.4. The van der Waals surface area contributed by atoms with Gasteiger partial charge in [0.05, 0.1) is 13.2 Å². The van der Waals surface area contributed by atoms with E-state index in [2.05, 4.69) is 19.2 Å². The van der Waals surface area contributed by atoms with Crippen LogP contribution in [0.5, 0.6) is 5.75 Å². The number of hydrogen-bond donors (Lipinski definition) is 1. The van der Waals surface area contributed by atoms with Crippen LogP contribution in [-0.2, 0) is 9.53 Å². The number of nitrogens with zero attached hydrogens (tertiary/aromatic N) is 1. The molecule has 0 unspecified atom stereocenters. The molecule has 0 fully saturated rings. The van der Waals surface area contributed by atoms with Crippen molar-refractivity contribution in [1.82, 2.24) is 0 Å². The van der Waals surface area contributed by atoms with E-state index in [1.165, 1.54) is 6.20 Å². The van der Waals surface area contributed by atoms with Crippen molar-refractivity contribution in [2.75, 3.05) is 18.5 Å². The van der Waals surface area contributed by atoms with Crippen LogP contribution in [-0.4, -0.2) is 19.2 Å².